The summed E-state index contributed by atoms with van der Waals surface area (Å²) in [6.45, 7) is 5.36. The quantitative estimate of drug-likeness (QED) is 0.859. The fourth-order valence-corrected chi connectivity index (χ4v) is 2.43. The van der Waals surface area contributed by atoms with Crippen LogP contribution in [0.2, 0.25) is 0 Å². The van der Waals surface area contributed by atoms with E-state index >= 15 is 0 Å². The summed E-state index contributed by atoms with van der Waals surface area (Å²) < 4.78 is 4.96. The molecule has 2 rings (SSSR count). The number of carboxylic acids is 1. The number of likely N-dealkylation sites (tertiary alicyclic amines) is 1. The van der Waals surface area contributed by atoms with Gasteiger partial charge in [-0.1, -0.05) is 5.16 Å². The van der Waals surface area contributed by atoms with Crippen LogP contribution in [0.25, 0.3) is 0 Å². The first-order chi connectivity index (χ1) is 8.38. The second-order valence-corrected chi connectivity index (χ2v) is 4.84. The van der Waals surface area contributed by atoms with E-state index in [0.717, 1.165) is 0 Å². The number of rotatable bonds is 2. The summed E-state index contributed by atoms with van der Waals surface area (Å²) in [5.74, 6) is -0.856. The van der Waals surface area contributed by atoms with Crippen LogP contribution in [0, 0.1) is 13.8 Å². The van der Waals surface area contributed by atoms with Crippen LogP contribution < -0.4 is 0 Å². The maximum atomic E-state index is 12.4. The van der Waals surface area contributed by atoms with Gasteiger partial charge in [0.2, 0.25) is 0 Å². The van der Waals surface area contributed by atoms with Gasteiger partial charge in [0, 0.05) is 6.54 Å². The zero-order chi connectivity index (χ0) is 13.5. The summed E-state index contributed by atoms with van der Waals surface area (Å²) in [6, 6.07) is 0. The number of amides is 1. The van der Waals surface area contributed by atoms with Gasteiger partial charge in [-0.2, -0.15) is 0 Å². The summed E-state index contributed by atoms with van der Waals surface area (Å²) in [6.07, 6.45) is 1.16. The van der Waals surface area contributed by atoms with E-state index < -0.39 is 11.5 Å². The molecular formula is C12H16N2O4. The molecule has 0 bridgehead atoms. The zero-order valence-corrected chi connectivity index (χ0v) is 10.7. The number of hydrogen-bond acceptors (Lipinski definition) is 4. The van der Waals surface area contributed by atoms with Crippen LogP contribution in [0.15, 0.2) is 4.52 Å². The number of hydrogen-bond donors (Lipinski definition) is 1. The largest absolute Gasteiger partial charge is 0.480 e. The monoisotopic (exact) mass is 252 g/mol. The molecule has 1 atom stereocenters. The number of aliphatic carboxylic acids is 1. The van der Waals surface area contributed by atoms with Gasteiger partial charge in [0.15, 0.2) is 0 Å². The summed E-state index contributed by atoms with van der Waals surface area (Å²) in [7, 11) is 0. The molecule has 1 aliphatic rings. The van der Waals surface area contributed by atoms with Gasteiger partial charge in [-0.05, 0) is 33.6 Å². The lowest BCUT2D eigenvalue weighted by molar-refractivity contribution is -0.147. The Bertz CT molecular complexity index is 489. The molecule has 1 fully saturated rings. The molecule has 0 aromatic carbocycles. The first-order valence-corrected chi connectivity index (χ1v) is 5.86. The third-order valence-electron chi connectivity index (χ3n) is 3.59. The molecule has 6 nitrogen and oxygen atoms in total. The Kier molecular flexibility index (Phi) is 2.88. The van der Waals surface area contributed by atoms with Crippen LogP contribution in [0.5, 0.6) is 0 Å². The van der Waals surface area contributed by atoms with E-state index in [-0.39, 0.29) is 5.91 Å². The first-order valence-electron chi connectivity index (χ1n) is 5.86. The number of aryl methyl sites for hydroxylation is 2. The lowest BCUT2D eigenvalue weighted by Gasteiger charge is -2.31. The molecule has 1 N–H and O–H groups in total. The molecule has 1 saturated heterocycles. The Balaban J connectivity index is 2.38. The van der Waals surface area contributed by atoms with Crippen LogP contribution in [-0.2, 0) is 4.79 Å². The fraction of sp³-hybridized carbons (Fsp3) is 0.583. The van der Waals surface area contributed by atoms with Gasteiger partial charge >= 0.3 is 5.97 Å². The number of carbonyl (C=O) groups is 2. The minimum absolute atomic E-state index is 0.311. The third kappa shape index (κ3) is 1.68. The Hall–Kier alpha value is -1.85. The van der Waals surface area contributed by atoms with Crippen molar-refractivity contribution in [3.63, 3.8) is 0 Å². The average molecular weight is 252 g/mol. The SMILES string of the molecule is Cc1noc(C)c1C(=O)N1CCCC1(C)C(=O)O. The van der Waals surface area contributed by atoms with Gasteiger partial charge < -0.3 is 14.5 Å². The van der Waals surface area contributed by atoms with Crippen molar-refractivity contribution in [2.45, 2.75) is 39.2 Å². The van der Waals surface area contributed by atoms with Crippen molar-refractivity contribution in [3.8, 4) is 0 Å². The molecule has 18 heavy (non-hydrogen) atoms. The van der Waals surface area contributed by atoms with E-state index in [4.69, 9.17) is 4.52 Å². The van der Waals surface area contributed by atoms with E-state index in [1.54, 1.807) is 20.8 Å². The molecule has 98 valence electrons. The van der Waals surface area contributed by atoms with Crippen LogP contribution in [0.1, 0.15) is 41.6 Å². The van der Waals surface area contributed by atoms with E-state index in [1.165, 1.54) is 4.90 Å². The molecular weight excluding hydrogens is 236 g/mol. The third-order valence-corrected chi connectivity index (χ3v) is 3.59. The van der Waals surface area contributed by atoms with Gasteiger partial charge in [-0.3, -0.25) is 4.79 Å². The highest BCUT2D eigenvalue weighted by Crippen LogP contribution is 2.31. The first kappa shape index (κ1) is 12.6. The Labute approximate surface area is 105 Å². The molecule has 2 heterocycles. The molecule has 6 heteroatoms. The number of carboxylic acid groups (broad SMARTS) is 1. The lowest BCUT2D eigenvalue weighted by Crippen LogP contribution is -2.51. The summed E-state index contributed by atoms with van der Waals surface area (Å²) in [4.78, 5) is 25.2. The Morgan fingerprint density at radius 3 is 2.61 bits per heavy atom. The van der Waals surface area contributed by atoms with E-state index in [1.807, 2.05) is 0 Å². The van der Waals surface area contributed by atoms with E-state index in [0.29, 0.717) is 36.4 Å². The van der Waals surface area contributed by atoms with Gasteiger partial charge in [0.1, 0.15) is 16.9 Å². The highest BCUT2D eigenvalue weighted by Gasteiger charge is 2.47. The molecule has 1 aromatic heterocycles. The number of aromatic nitrogens is 1. The molecule has 0 saturated carbocycles. The zero-order valence-electron chi connectivity index (χ0n) is 10.7. The maximum absolute atomic E-state index is 12.4. The molecule has 1 unspecified atom stereocenters. The minimum Gasteiger partial charge on any atom is -0.480 e. The van der Waals surface area contributed by atoms with Crippen LogP contribution in [0.3, 0.4) is 0 Å². The van der Waals surface area contributed by atoms with Crippen molar-refractivity contribution in [3.05, 3.63) is 17.0 Å². The van der Waals surface area contributed by atoms with Crippen molar-refractivity contribution < 1.29 is 19.2 Å². The Morgan fingerprint density at radius 1 is 1.44 bits per heavy atom. The lowest BCUT2D eigenvalue weighted by atomic mass is 9.98. The van der Waals surface area contributed by atoms with Gasteiger partial charge in [0.05, 0.1) is 5.69 Å². The number of carbonyl (C=O) groups excluding carboxylic acids is 1. The van der Waals surface area contributed by atoms with Crippen molar-refractivity contribution in [1.29, 1.82) is 0 Å². The normalized spacial score (nSPS) is 23.4. The molecule has 0 spiro atoms. The van der Waals surface area contributed by atoms with Crippen molar-refractivity contribution in [2.75, 3.05) is 6.54 Å². The highest BCUT2D eigenvalue weighted by molar-refractivity contribution is 5.99. The fourth-order valence-electron chi connectivity index (χ4n) is 2.43. The van der Waals surface area contributed by atoms with Gasteiger partial charge in [-0.25, -0.2) is 4.79 Å². The molecule has 0 radical (unpaired) electrons. The minimum atomic E-state index is -1.13. The molecule has 1 amide bonds. The van der Waals surface area contributed by atoms with Gasteiger partial charge in [-0.15, -0.1) is 0 Å². The van der Waals surface area contributed by atoms with Gasteiger partial charge in [0.25, 0.3) is 5.91 Å². The molecule has 1 aliphatic heterocycles. The second-order valence-electron chi connectivity index (χ2n) is 4.84. The second kappa shape index (κ2) is 4.12. The van der Waals surface area contributed by atoms with Crippen LogP contribution in [0.4, 0.5) is 0 Å². The van der Waals surface area contributed by atoms with E-state index in [2.05, 4.69) is 5.16 Å². The maximum Gasteiger partial charge on any atom is 0.329 e. The predicted molar refractivity (Wildman–Crippen MR) is 62.3 cm³/mol. The number of nitrogens with zero attached hydrogens (tertiary/aromatic N) is 2. The summed E-state index contributed by atoms with van der Waals surface area (Å²) >= 11 is 0. The van der Waals surface area contributed by atoms with Crippen molar-refractivity contribution >= 4 is 11.9 Å². The average Bonchev–Trinajstić information content (AvgIpc) is 2.83. The molecule has 0 aliphatic carbocycles. The predicted octanol–water partition coefficient (Wildman–Crippen LogP) is 1.37. The summed E-state index contributed by atoms with van der Waals surface area (Å²) in [5.41, 5.74) is -0.255. The van der Waals surface area contributed by atoms with Crippen molar-refractivity contribution in [1.82, 2.24) is 10.1 Å². The molecule has 1 aromatic rings. The van der Waals surface area contributed by atoms with E-state index in [9.17, 15) is 14.7 Å². The Morgan fingerprint density at radius 2 is 2.11 bits per heavy atom. The van der Waals surface area contributed by atoms with Crippen molar-refractivity contribution in [2.24, 2.45) is 0 Å². The summed E-state index contributed by atoms with van der Waals surface area (Å²) in [5, 5.41) is 13.0. The smallest absolute Gasteiger partial charge is 0.329 e. The van der Waals surface area contributed by atoms with Crippen LogP contribution in [-0.4, -0.2) is 39.1 Å². The standard InChI is InChI=1S/C12H16N2O4/c1-7-9(8(2)18-13-7)10(15)14-6-4-5-12(14,3)11(16)17/h4-6H2,1-3H3,(H,16,17). The highest BCUT2D eigenvalue weighted by atomic mass is 16.5. The topological polar surface area (TPSA) is 83.6 Å². The van der Waals surface area contributed by atoms with Crippen LogP contribution >= 0.6 is 0 Å².